The molecular weight excluding hydrogens is 731 g/mol. The molecule has 0 aromatic heterocycles. The Labute approximate surface area is 368 Å². The predicted octanol–water partition coefficient (Wildman–Crippen LogP) is 15.7. The summed E-state index contributed by atoms with van der Waals surface area (Å²) in [6, 6.07) is -0.694. The Hall–Kier alpha value is -1.40. The summed E-state index contributed by atoms with van der Waals surface area (Å²) in [4.78, 5) is 26.1. The maximum absolute atomic E-state index is 13.2. The molecule has 59 heavy (non-hydrogen) atoms. The van der Waals surface area contributed by atoms with Crippen molar-refractivity contribution in [1.29, 1.82) is 0 Å². The highest BCUT2D eigenvalue weighted by atomic mass is 16.5. The molecule has 0 aliphatic rings. The molecular formula is C53H103NO5. The Morgan fingerprint density at radius 3 is 1.20 bits per heavy atom. The normalized spacial score (nSPS) is 13.2. The van der Waals surface area contributed by atoms with E-state index < -0.39 is 18.2 Å². The van der Waals surface area contributed by atoms with Crippen LogP contribution in [0.25, 0.3) is 0 Å². The topological polar surface area (TPSA) is 95.9 Å². The highest BCUT2D eigenvalue weighted by Crippen LogP contribution is 2.18. The van der Waals surface area contributed by atoms with Crippen molar-refractivity contribution in [3.8, 4) is 0 Å². The molecule has 3 atom stereocenters. The summed E-state index contributed by atoms with van der Waals surface area (Å²) in [5.41, 5.74) is 0. The van der Waals surface area contributed by atoms with Gasteiger partial charge in [-0.25, -0.2) is 0 Å². The number of nitrogens with one attached hydrogen (secondary N) is 1. The number of hydrogen-bond acceptors (Lipinski definition) is 5. The lowest BCUT2D eigenvalue weighted by molar-refractivity contribution is -0.151. The monoisotopic (exact) mass is 834 g/mol. The van der Waals surface area contributed by atoms with Gasteiger partial charge in [-0.1, -0.05) is 238 Å². The van der Waals surface area contributed by atoms with Gasteiger partial charge in [-0.2, -0.15) is 0 Å². The number of amides is 1. The fourth-order valence-corrected chi connectivity index (χ4v) is 8.31. The molecule has 3 unspecified atom stereocenters. The number of carbonyl (C=O) groups excluding carboxylic acids is 2. The van der Waals surface area contributed by atoms with Crippen LogP contribution in [0.1, 0.15) is 290 Å². The number of hydrogen-bond donors (Lipinski definition) is 3. The van der Waals surface area contributed by atoms with Crippen LogP contribution >= 0.6 is 0 Å². The Bertz CT molecular complexity index is 893. The fourth-order valence-electron chi connectivity index (χ4n) is 8.31. The minimum Gasteiger partial charge on any atom is -0.462 e. The van der Waals surface area contributed by atoms with Crippen molar-refractivity contribution in [2.45, 2.75) is 309 Å². The molecule has 0 spiro atoms. The van der Waals surface area contributed by atoms with Gasteiger partial charge in [0.2, 0.25) is 5.91 Å². The van der Waals surface area contributed by atoms with Crippen LogP contribution in [0.3, 0.4) is 0 Å². The molecule has 0 saturated carbocycles. The first-order valence-corrected chi connectivity index (χ1v) is 26.4. The van der Waals surface area contributed by atoms with Gasteiger partial charge in [0.05, 0.1) is 25.2 Å². The van der Waals surface area contributed by atoms with Gasteiger partial charge in [-0.05, 0) is 51.4 Å². The molecule has 0 fully saturated rings. The maximum Gasteiger partial charge on any atom is 0.306 e. The van der Waals surface area contributed by atoms with E-state index in [1.54, 1.807) is 0 Å². The van der Waals surface area contributed by atoms with E-state index in [1.165, 1.54) is 199 Å². The zero-order valence-electron chi connectivity index (χ0n) is 39.9. The van der Waals surface area contributed by atoms with E-state index in [0.29, 0.717) is 19.3 Å². The van der Waals surface area contributed by atoms with Gasteiger partial charge in [0.25, 0.3) is 0 Å². The number of aliphatic hydroxyl groups is 2. The zero-order chi connectivity index (χ0) is 43.1. The van der Waals surface area contributed by atoms with Crippen LogP contribution in [-0.4, -0.2) is 46.9 Å². The summed E-state index contributed by atoms with van der Waals surface area (Å²) < 4.78 is 5.93. The van der Waals surface area contributed by atoms with Crippen LogP contribution < -0.4 is 5.32 Å². The van der Waals surface area contributed by atoms with Crippen molar-refractivity contribution < 1.29 is 24.5 Å². The lowest BCUT2D eigenvalue weighted by Crippen LogP contribution is -2.46. The Balaban J connectivity index is 4.41. The number of rotatable bonds is 48. The molecule has 0 radical (unpaired) electrons. The third-order valence-electron chi connectivity index (χ3n) is 12.3. The first-order chi connectivity index (χ1) is 29.0. The first-order valence-electron chi connectivity index (χ1n) is 26.4. The number of carbonyl (C=O) groups is 2. The summed E-state index contributed by atoms with van der Waals surface area (Å²) in [7, 11) is 0. The number of esters is 1. The summed E-state index contributed by atoms with van der Waals surface area (Å²) in [5, 5.41) is 23.7. The molecule has 3 N–H and O–H groups in total. The van der Waals surface area contributed by atoms with Gasteiger partial charge in [0, 0.05) is 6.42 Å². The summed E-state index contributed by atoms with van der Waals surface area (Å²) in [6.45, 7) is 6.49. The Kier molecular flexibility index (Phi) is 46.5. The van der Waals surface area contributed by atoms with Crippen LogP contribution in [0.4, 0.5) is 0 Å². The zero-order valence-corrected chi connectivity index (χ0v) is 39.9. The molecule has 0 aromatic rings. The number of ether oxygens (including phenoxy) is 1. The molecule has 0 aliphatic carbocycles. The van der Waals surface area contributed by atoms with E-state index in [-0.39, 0.29) is 24.9 Å². The van der Waals surface area contributed by atoms with Crippen LogP contribution in [0.2, 0.25) is 0 Å². The molecule has 0 heterocycles. The van der Waals surface area contributed by atoms with Gasteiger partial charge in [-0.15, -0.1) is 0 Å². The maximum atomic E-state index is 13.2. The van der Waals surface area contributed by atoms with Gasteiger partial charge < -0.3 is 20.3 Å². The van der Waals surface area contributed by atoms with Gasteiger partial charge in [-0.3, -0.25) is 9.59 Å². The van der Waals surface area contributed by atoms with Crippen LogP contribution in [-0.2, 0) is 14.3 Å². The van der Waals surface area contributed by atoms with Crippen molar-refractivity contribution in [1.82, 2.24) is 5.32 Å². The lowest BCUT2D eigenvalue weighted by atomic mass is 10.0. The average Bonchev–Trinajstić information content (AvgIpc) is 3.23. The molecule has 6 heteroatoms. The number of unbranched alkanes of at least 4 members (excludes halogenated alkanes) is 34. The summed E-state index contributed by atoms with van der Waals surface area (Å²) >= 11 is 0. The number of aliphatic hydroxyl groups excluding tert-OH is 2. The molecule has 6 nitrogen and oxygen atoms in total. The molecule has 0 aliphatic heterocycles. The van der Waals surface area contributed by atoms with E-state index in [2.05, 4.69) is 38.2 Å². The molecule has 1 amide bonds. The fraction of sp³-hybridized carbons (Fsp3) is 0.925. The van der Waals surface area contributed by atoms with Crippen molar-refractivity contribution in [2.75, 3.05) is 6.61 Å². The average molecular weight is 834 g/mol. The van der Waals surface area contributed by atoms with Crippen molar-refractivity contribution in [3.63, 3.8) is 0 Å². The Morgan fingerprint density at radius 1 is 0.475 bits per heavy atom. The highest BCUT2D eigenvalue weighted by Gasteiger charge is 2.24. The largest absolute Gasteiger partial charge is 0.462 e. The second-order valence-corrected chi connectivity index (χ2v) is 18.3. The van der Waals surface area contributed by atoms with E-state index in [0.717, 1.165) is 44.9 Å². The van der Waals surface area contributed by atoms with E-state index in [1.807, 2.05) is 0 Å². The van der Waals surface area contributed by atoms with E-state index >= 15 is 0 Å². The summed E-state index contributed by atoms with van der Waals surface area (Å²) in [5.74, 6) is -0.460. The van der Waals surface area contributed by atoms with Crippen molar-refractivity contribution in [2.24, 2.45) is 0 Å². The Morgan fingerprint density at radius 2 is 0.814 bits per heavy atom. The predicted molar refractivity (Wildman–Crippen MR) is 255 cm³/mol. The minimum atomic E-state index is -0.780. The van der Waals surface area contributed by atoms with Crippen molar-refractivity contribution >= 4 is 11.9 Å². The van der Waals surface area contributed by atoms with E-state index in [4.69, 9.17) is 4.74 Å². The lowest BCUT2D eigenvalue weighted by Gasteiger charge is -2.24. The van der Waals surface area contributed by atoms with Gasteiger partial charge in [0.15, 0.2) is 0 Å². The van der Waals surface area contributed by atoms with Gasteiger partial charge in [0.1, 0.15) is 6.10 Å². The number of allylic oxidation sites excluding steroid dienone is 2. The molecule has 350 valence electrons. The minimum absolute atomic E-state index is 0.0836. The second kappa shape index (κ2) is 47.6. The van der Waals surface area contributed by atoms with Crippen LogP contribution in [0, 0.1) is 0 Å². The second-order valence-electron chi connectivity index (χ2n) is 18.3. The standard InChI is InChI=1S/C53H103NO5/c1-4-7-10-13-16-19-22-23-24-25-26-27-28-29-31-34-37-40-43-46-53(58)59-49(44-41-38-35-32-21-18-15-12-9-6-3)47-52(57)54-50(48-55)51(56)45-42-39-36-33-30-20-17-14-11-8-5-2/h23-24,49-51,55-56H,4-22,25-48H2,1-3H3,(H,54,57)/b24-23+. The summed E-state index contributed by atoms with van der Waals surface area (Å²) in [6.07, 6.45) is 52.8. The van der Waals surface area contributed by atoms with E-state index in [9.17, 15) is 19.8 Å². The first kappa shape index (κ1) is 57.6. The molecule has 0 saturated heterocycles. The molecule has 0 bridgehead atoms. The van der Waals surface area contributed by atoms with Crippen molar-refractivity contribution in [3.05, 3.63) is 12.2 Å². The van der Waals surface area contributed by atoms with Gasteiger partial charge >= 0.3 is 5.97 Å². The quantitative estimate of drug-likeness (QED) is 0.0322. The third kappa shape index (κ3) is 43.1. The van der Waals surface area contributed by atoms with Crippen LogP contribution in [0.15, 0.2) is 12.2 Å². The molecule has 0 rings (SSSR count). The third-order valence-corrected chi connectivity index (χ3v) is 12.3. The molecule has 0 aromatic carbocycles. The van der Waals surface area contributed by atoms with Crippen LogP contribution in [0.5, 0.6) is 0 Å². The highest BCUT2D eigenvalue weighted by molar-refractivity contribution is 5.77. The smallest absolute Gasteiger partial charge is 0.306 e. The SMILES string of the molecule is CCCCCCCC/C=C/CCCCCCCCCCCC(=O)OC(CCCCCCCCCCCC)CC(=O)NC(CO)C(O)CCCCCCCCCCCCC.